The van der Waals surface area contributed by atoms with Gasteiger partial charge in [0.1, 0.15) is 4.88 Å². The Bertz CT molecular complexity index is 372. The molecule has 0 saturated heterocycles. The second-order valence-corrected chi connectivity index (χ2v) is 3.96. The summed E-state index contributed by atoms with van der Waals surface area (Å²) in [6.07, 6.45) is -0.886. The average molecular weight is 229 g/mol. The number of hydrogen-bond acceptors (Lipinski definition) is 4. The summed E-state index contributed by atoms with van der Waals surface area (Å²) in [5.41, 5.74) is 0.262. The minimum atomic E-state index is -1.06. The number of carboxylic acids is 1. The Morgan fingerprint density at radius 2 is 2.20 bits per heavy atom. The van der Waals surface area contributed by atoms with Gasteiger partial charge in [-0.15, -0.1) is 11.3 Å². The van der Waals surface area contributed by atoms with Crippen molar-refractivity contribution in [2.45, 2.75) is 20.0 Å². The van der Waals surface area contributed by atoms with E-state index in [9.17, 15) is 9.59 Å². The Kier molecular flexibility index (Phi) is 3.68. The van der Waals surface area contributed by atoms with Gasteiger partial charge in [-0.05, 0) is 25.3 Å². The van der Waals surface area contributed by atoms with E-state index in [-0.39, 0.29) is 16.7 Å². The van der Waals surface area contributed by atoms with Gasteiger partial charge in [0.05, 0.1) is 11.8 Å². The van der Waals surface area contributed by atoms with Crippen molar-refractivity contribution in [3.63, 3.8) is 0 Å². The van der Waals surface area contributed by atoms with Crippen molar-refractivity contribution >= 4 is 29.1 Å². The first-order valence-corrected chi connectivity index (χ1v) is 5.17. The van der Waals surface area contributed by atoms with Crippen molar-refractivity contribution < 1.29 is 19.4 Å². The maximum atomic E-state index is 11.2. The van der Waals surface area contributed by atoms with Crippen molar-refractivity contribution in [3.05, 3.63) is 16.3 Å². The fourth-order valence-corrected chi connectivity index (χ4v) is 1.61. The first-order valence-electron chi connectivity index (χ1n) is 4.29. The number of rotatable bonds is 3. The lowest BCUT2D eigenvalue weighted by molar-refractivity contribution is 0.0703. The number of nitrogens with one attached hydrogen (secondary N) is 1. The predicted molar refractivity (Wildman–Crippen MR) is 56.5 cm³/mol. The van der Waals surface area contributed by atoms with Gasteiger partial charge in [-0.3, -0.25) is 5.32 Å². The van der Waals surface area contributed by atoms with Crippen LogP contribution in [0.5, 0.6) is 0 Å². The van der Waals surface area contributed by atoms with Gasteiger partial charge in [-0.25, -0.2) is 9.59 Å². The van der Waals surface area contributed by atoms with Gasteiger partial charge in [0.2, 0.25) is 0 Å². The van der Waals surface area contributed by atoms with E-state index in [1.54, 1.807) is 19.2 Å². The molecule has 0 aliphatic heterocycles. The van der Waals surface area contributed by atoms with Gasteiger partial charge in [-0.1, -0.05) is 0 Å². The zero-order valence-corrected chi connectivity index (χ0v) is 9.13. The summed E-state index contributed by atoms with van der Waals surface area (Å²) >= 11 is 1.05. The zero-order chi connectivity index (χ0) is 11.4. The number of anilines is 1. The number of carboxylic acid groups (broad SMARTS) is 1. The van der Waals surface area contributed by atoms with Crippen molar-refractivity contribution in [1.29, 1.82) is 0 Å². The second kappa shape index (κ2) is 4.79. The summed E-state index contributed by atoms with van der Waals surface area (Å²) in [5, 5.41) is 12.7. The van der Waals surface area contributed by atoms with Crippen molar-refractivity contribution in [3.8, 4) is 0 Å². The van der Waals surface area contributed by atoms with E-state index in [4.69, 9.17) is 9.84 Å². The van der Waals surface area contributed by atoms with Crippen molar-refractivity contribution in [1.82, 2.24) is 0 Å². The standard InChI is InChI=1S/C9H11NO4S/c1-5(2)14-9(13)10-6-3-4-15-7(6)8(11)12/h3-5H,1-2H3,(H,10,13)(H,11,12). The minimum Gasteiger partial charge on any atom is -0.477 e. The molecule has 6 heteroatoms. The van der Waals surface area contributed by atoms with Crippen molar-refractivity contribution in [2.24, 2.45) is 0 Å². The Hall–Kier alpha value is -1.56. The monoisotopic (exact) mass is 229 g/mol. The van der Waals surface area contributed by atoms with Crippen LogP contribution in [-0.4, -0.2) is 23.3 Å². The topological polar surface area (TPSA) is 75.6 Å². The third-order valence-corrected chi connectivity index (χ3v) is 2.34. The molecular formula is C9H11NO4S. The van der Waals surface area contributed by atoms with Crippen LogP contribution >= 0.6 is 11.3 Å². The lowest BCUT2D eigenvalue weighted by Crippen LogP contribution is -2.18. The highest BCUT2D eigenvalue weighted by atomic mass is 32.1. The molecule has 1 aromatic heterocycles. The summed E-state index contributed by atoms with van der Waals surface area (Å²) in [6.45, 7) is 3.43. The molecule has 0 bridgehead atoms. The molecule has 0 fully saturated rings. The molecule has 0 aliphatic rings. The maximum absolute atomic E-state index is 11.2. The van der Waals surface area contributed by atoms with Crippen LogP contribution < -0.4 is 5.32 Å². The fraction of sp³-hybridized carbons (Fsp3) is 0.333. The number of carbonyl (C=O) groups excluding carboxylic acids is 1. The molecule has 0 aromatic carbocycles. The summed E-state index contributed by atoms with van der Waals surface area (Å²) in [5.74, 6) is -1.06. The molecule has 5 nitrogen and oxygen atoms in total. The van der Waals surface area contributed by atoms with E-state index < -0.39 is 12.1 Å². The SMILES string of the molecule is CC(C)OC(=O)Nc1ccsc1C(=O)O. The van der Waals surface area contributed by atoms with Gasteiger partial charge >= 0.3 is 12.1 Å². The van der Waals surface area contributed by atoms with Crippen LogP contribution in [-0.2, 0) is 4.74 Å². The highest BCUT2D eigenvalue weighted by molar-refractivity contribution is 7.12. The number of carbonyl (C=O) groups is 2. The zero-order valence-electron chi connectivity index (χ0n) is 8.31. The van der Waals surface area contributed by atoms with E-state index in [0.29, 0.717) is 0 Å². The molecule has 0 spiro atoms. The van der Waals surface area contributed by atoms with Gasteiger partial charge < -0.3 is 9.84 Å². The molecule has 1 amide bonds. The van der Waals surface area contributed by atoms with Gasteiger partial charge in [-0.2, -0.15) is 0 Å². The van der Waals surface area contributed by atoms with E-state index >= 15 is 0 Å². The van der Waals surface area contributed by atoms with Crippen LogP contribution in [0.1, 0.15) is 23.5 Å². The lowest BCUT2D eigenvalue weighted by Gasteiger charge is -2.08. The van der Waals surface area contributed by atoms with Gasteiger partial charge in [0, 0.05) is 0 Å². The summed E-state index contributed by atoms with van der Waals surface area (Å²) in [4.78, 5) is 22.0. The Morgan fingerprint density at radius 1 is 1.53 bits per heavy atom. The normalized spacial score (nSPS) is 10.1. The molecule has 0 atom stereocenters. The molecule has 1 aromatic rings. The van der Waals surface area contributed by atoms with Crippen LogP contribution in [0.25, 0.3) is 0 Å². The van der Waals surface area contributed by atoms with Gasteiger partial charge in [0.25, 0.3) is 0 Å². The predicted octanol–water partition coefficient (Wildman–Crippen LogP) is 2.40. The average Bonchev–Trinajstić information content (AvgIpc) is 2.50. The van der Waals surface area contributed by atoms with E-state index in [1.807, 2.05) is 0 Å². The number of ether oxygens (including phenoxy) is 1. The summed E-state index contributed by atoms with van der Waals surface area (Å²) in [7, 11) is 0. The molecule has 0 radical (unpaired) electrons. The quantitative estimate of drug-likeness (QED) is 0.834. The van der Waals surface area contributed by atoms with Crippen LogP contribution in [0.2, 0.25) is 0 Å². The lowest BCUT2D eigenvalue weighted by atomic mass is 10.4. The second-order valence-electron chi connectivity index (χ2n) is 3.05. The summed E-state index contributed by atoms with van der Waals surface area (Å²) in [6, 6.07) is 1.52. The number of hydrogen-bond donors (Lipinski definition) is 2. The molecule has 0 aliphatic carbocycles. The van der Waals surface area contributed by atoms with Gasteiger partial charge in [0.15, 0.2) is 0 Å². The fourth-order valence-electron chi connectivity index (χ4n) is 0.927. The maximum Gasteiger partial charge on any atom is 0.411 e. The molecule has 82 valence electrons. The summed E-state index contributed by atoms with van der Waals surface area (Å²) < 4.78 is 4.82. The molecule has 15 heavy (non-hydrogen) atoms. The van der Waals surface area contributed by atoms with Crippen LogP contribution in [0.15, 0.2) is 11.4 Å². The van der Waals surface area contributed by atoms with E-state index in [1.165, 1.54) is 6.07 Å². The largest absolute Gasteiger partial charge is 0.477 e. The molecule has 2 N–H and O–H groups in total. The molecule has 0 unspecified atom stereocenters. The Morgan fingerprint density at radius 3 is 2.73 bits per heavy atom. The number of amides is 1. The van der Waals surface area contributed by atoms with Crippen molar-refractivity contribution in [2.75, 3.05) is 5.32 Å². The van der Waals surface area contributed by atoms with Crippen LogP contribution in [0.4, 0.5) is 10.5 Å². The Labute approximate surface area is 90.7 Å². The third-order valence-electron chi connectivity index (χ3n) is 1.44. The highest BCUT2D eigenvalue weighted by Crippen LogP contribution is 2.22. The number of aromatic carboxylic acids is 1. The molecular weight excluding hydrogens is 218 g/mol. The highest BCUT2D eigenvalue weighted by Gasteiger charge is 2.14. The molecule has 0 saturated carbocycles. The minimum absolute atomic E-state index is 0.0932. The van der Waals surface area contributed by atoms with E-state index in [0.717, 1.165) is 11.3 Å². The first kappa shape index (κ1) is 11.5. The Balaban J connectivity index is 2.68. The molecule has 1 rings (SSSR count). The van der Waals surface area contributed by atoms with Crippen LogP contribution in [0, 0.1) is 0 Å². The van der Waals surface area contributed by atoms with E-state index in [2.05, 4.69) is 5.32 Å². The van der Waals surface area contributed by atoms with Crippen LogP contribution in [0.3, 0.4) is 0 Å². The smallest absolute Gasteiger partial charge is 0.411 e. The first-order chi connectivity index (χ1) is 7.00. The number of thiophene rings is 1. The third kappa shape index (κ3) is 3.25. The molecule has 1 heterocycles.